The zero-order valence-electron chi connectivity index (χ0n) is 17.2. The van der Waals surface area contributed by atoms with E-state index >= 15 is 0 Å². The summed E-state index contributed by atoms with van der Waals surface area (Å²) in [6.45, 7) is 2.06. The van der Waals surface area contributed by atoms with Gasteiger partial charge >= 0.3 is 0 Å². The van der Waals surface area contributed by atoms with Crippen LogP contribution in [0.4, 0.5) is 13.2 Å². The van der Waals surface area contributed by atoms with Gasteiger partial charge in [0.05, 0.1) is 23.4 Å². The monoisotopic (exact) mass is 439 g/mol. The molecule has 8 heteroatoms. The Hall–Kier alpha value is -3.55. The Morgan fingerprint density at radius 1 is 1.12 bits per heavy atom. The van der Waals surface area contributed by atoms with Crippen molar-refractivity contribution in [3.8, 4) is 11.3 Å². The number of amides is 1. The van der Waals surface area contributed by atoms with Crippen molar-refractivity contribution in [1.82, 2.24) is 15.5 Å². The molecule has 1 amide bonds. The number of nitrogens with one attached hydrogen (secondary N) is 2. The number of aromatic nitrogens is 2. The Morgan fingerprint density at radius 2 is 1.88 bits per heavy atom. The van der Waals surface area contributed by atoms with E-state index in [9.17, 15) is 18.0 Å². The number of carbonyl (C=O) groups is 1. The fourth-order valence-corrected chi connectivity index (χ4v) is 4.39. The molecule has 1 aliphatic carbocycles. The second kappa shape index (κ2) is 7.85. The summed E-state index contributed by atoms with van der Waals surface area (Å²) in [4.78, 5) is 15.6. The maximum absolute atomic E-state index is 14.5. The van der Waals surface area contributed by atoms with Crippen molar-refractivity contribution in [2.24, 2.45) is 5.92 Å². The topological polar surface area (TPSA) is 70.9 Å². The quantitative estimate of drug-likeness (QED) is 0.440. The number of rotatable bonds is 5. The molecule has 2 heterocycles. The highest BCUT2D eigenvalue weighted by Gasteiger charge is 2.38. The molecule has 5 rings (SSSR count). The van der Waals surface area contributed by atoms with Crippen LogP contribution in [-0.4, -0.2) is 16.0 Å². The number of hydrogen-bond acceptors (Lipinski definition) is 3. The highest BCUT2D eigenvalue weighted by Crippen LogP contribution is 2.48. The largest absolute Gasteiger partial charge is 0.359 e. The van der Waals surface area contributed by atoms with E-state index in [-0.39, 0.29) is 35.6 Å². The summed E-state index contributed by atoms with van der Waals surface area (Å²) in [6.07, 6.45) is 1.08. The minimum atomic E-state index is -0.689. The maximum atomic E-state index is 14.5. The Bertz CT molecular complexity index is 1300. The molecule has 2 aromatic carbocycles. The summed E-state index contributed by atoms with van der Waals surface area (Å²) in [5, 5.41) is 7.08. The molecule has 4 aromatic rings. The van der Waals surface area contributed by atoms with Gasteiger partial charge in [0.2, 0.25) is 5.91 Å². The van der Waals surface area contributed by atoms with Crippen molar-refractivity contribution in [1.29, 1.82) is 0 Å². The third-order valence-electron chi connectivity index (χ3n) is 6.03. The predicted octanol–water partition coefficient (Wildman–Crippen LogP) is 5.36. The van der Waals surface area contributed by atoms with Gasteiger partial charge in [-0.05, 0) is 67.1 Å². The molecular formula is C24H20F3N3O2. The average molecular weight is 439 g/mol. The Kier molecular flexibility index (Phi) is 5.00. The summed E-state index contributed by atoms with van der Waals surface area (Å²) in [7, 11) is 0. The highest BCUT2D eigenvalue weighted by molar-refractivity contribution is 5.92. The van der Waals surface area contributed by atoms with Gasteiger partial charge in [-0.15, -0.1) is 0 Å². The van der Waals surface area contributed by atoms with Gasteiger partial charge in [-0.25, -0.2) is 13.2 Å². The smallest absolute Gasteiger partial charge is 0.223 e. The van der Waals surface area contributed by atoms with Gasteiger partial charge in [0, 0.05) is 23.4 Å². The Morgan fingerprint density at radius 3 is 2.56 bits per heavy atom. The summed E-state index contributed by atoms with van der Waals surface area (Å²) in [5.41, 5.74) is 2.98. The predicted molar refractivity (Wildman–Crippen MR) is 112 cm³/mol. The number of aryl methyl sites for hydroxylation is 1. The van der Waals surface area contributed by atoms with E-state index in [4.69, 9.17) is 4.52 Å². The van der Waals surface area contributed by atoms with Crippen LogP contribution >= 0.6 is 0 Å². The summed E-state index contributed by atoms with van der Waals surface area (Å²) >= 11 is 0. The molecule has 0 radical (unpaired) electrons. The van der Waals surface area contributed by atoms with E-state index in [1.165, 1.54) is 18.2 Å². The molecule has 32 heavy (non-hydrogen) atoms. The molecule has 1 saturated carbocycles. The van der Waals surface area contributed by atoms with E-state index in [0.29, 0.717) is 35.2 Å². The van der Waals surface area contributed by atoms with Crippen LogP contribution in [0.5, 0.6) is 0 Å². The van der Waals surface area contributed by atoms with Crippen LogP contribution in [0.2, 0.25) is 0 Å². The lowest BCUT2D eigenvalue weighted by Gasteiger charge is -2.35. The first-order chi connectivity index (χ1) is 15.4. The van der Waals surface area contributed by atoms with Crippen LogP contribution < -0.4 is 5.32 Å². The van der Waals surface area contributed by atoms with Gasteiger partial charge < -0.3 is 14.8 Å². The second-order valence-corrected chi connectivity index (χ2v) is 8.25. The molecule has 0 bridgehead atoms. The van der Waals surface area contributed by atoms with Gasteiger partial charge in [0.15, 0.2) is 5.76 Å². The van der Waals surface area contributed by atoms with Crippen molar-refractivity contribution in [2.75, 3.05) is 0 Å². The van der Waals surface area contributed by atoms with Gasteiger partial charge in [-0.3, -0.25) is 4.79 Å². The summed E-state index contributed by atoms with van der Waals surface area (Å²) < 4.78 is 47.0. The molecular weight excluding hydrogens is 419 g/mol. The Labute approximate surface area is 181 Å². The third-order valence-corrected chi connectivity index (χ3v) is 6.03. The number of aromatic amines is 1. The van der Waals surface area contributed by atoms with E-state index in [0.717, 1.165) is 17.3 Å². The SMILES string of the molecule is Cc1cc(CNC(=O)[C@H]2C[C@H](c3c(-c4ccc(F)cc4)[nH]c4c(F)cc(F)cc43)C2)on1. The third kappa shape index (κ3) is 3.66. The normalized spacial score (nSPS) is 18.0. The van der Waals surface area contributed by atoms with Crippen LogP contribution in [0.3, 0.4) is 0 Å². The van der Waals surface area contributed by atoms with Gasteiger partial charge in [-0.2, -0.15) is 0 Å². The first-order valence-electron chi connectivity index (χ1n) is 10.4. The lowest BCUT2D eigenvalue weighted by Crippen LogP contribution is -2.37. The molecule has 0 aliphatic heterocycles. The average Bonchev–Trinajstić information content (AvgIpc) is 3.30. The van der Waals surface area contributed by atoms with Gasteiger partial charge in [-0.1, -0.05) is 5.16 Å². The number of hydrogen-bond donors (Lipinski definition) is 2. The van der Waals surface area contributed by atoms with Crippen LogP contribution in [0.1, 0.15) is 35.8 Å². The molecule has 1 fully saturated rings. The summed E-state index contributed by atoms with van der Waals surface area (Å²) in [5.74, 6) is -1.54. The lowest BCUT2D eigenvalue weighted by molar-refractivity contribution is -0.128. The maximum Gasteiger partial charge on any atom is 0.223 e. The van der Waals surface area contributed by atoms with Crippen LogP contribution in [0, 0.1) is 30.3 Å². The van der Waals surface area contributed by atoms with Crippen LogP contribution in [0.15, 0.2) is 47.0 Å². The van der Waals surface area contributed by atoms with Crippen molar-refractivity contribution < 1.29 is 22.5 Å². The van der Waals surface area contributed by atoms with E-state index in [2.05, 4.69) is 15.5 Å². The first kappa shape index (κ1) is 20.4. The van der Waals surface area contributed by atoms with Crippen molar-refractivity contribution in [2.45, 2.75) is 32.2 Å². The first-order valence-corrected chi connectivity index (χ1v) is 10.4. The number of carbonyl (C=O) groups excluding carboxylic acids is 1. The van der Waals surface area contributed by atoms with E-state index < -0.39 is 11.6 Å². The highest BCUT2D eigenvalue weighted by atomic mass is 19.1. The van der Waals surface area contributed by atoms with E-state index in [1.807, 2.05) is 0 Å². The number of fused-ring (bicyclic) bond motifs is 1. The zero-order valence-corrected chi connectivity index (χ0v) is 17.2. The molecule has 2 aromatic heterocycles. The lowest BCUT2D eigenvalue weighted by atomic mass is 9.70. The molecule has 0 atom stereocenters. The van der Waals surface area contributed by atoms with Gasteiger partial charge in [0.25, 0.3) is 0 Å². The Balaban J connectivity index is 1.40. The van der Waals surface area contributed by atoms with Crippen molar-refractivity contribution in [3.63, 3.8) is 0 Å². The van der Waals surface area contributed by atoms with Gasteiger partial charge in [0.1, 0.15) is 17.5 Å². The molecule has 0 spiro atoms. The minimum Gasteiger partial charge on any atom is -0.359 e. The number of H-pyrrole nitrogens is 1. The number of benzene rings is 2. The zero-order chi connectivity index (χ0) is 22.4. The molecule has 2 N–H and O–H groups in total. The molecule has 5 nitrogen and oxygen atoms in total. The van der Waals surface area contributed by atoms with Crippen LogP contribution in [-0.2, 0) is 11.3 Å². The number of nitrogens with zero attached hydrogens (tertiary/aromatic N) is 1. The van der Waals surface area contributed by atoms with Crippen LogP contribution in [0.25, 0.3) is 22.2 Å². The number of halogens is 3. The molecule has 0 saturated heterocycles. The van der Waals surface area contributed by atoms with E-state index in [1.54, 1.807) is 25.1 Å². The molecule has 164 valence electrons. The van der Waals surface area contributed by atoms with Crippen molar-refractivity contribution >= 4 is 16.8 Å². The molecule has 0 unspecified atom stereocenters. The second-order valence-electron chi connectivity index (χ2n) is 8.25. The fourth-order valence-electron chi connectivity index (χ4n) is 4.39. The minimum absolute atomic E-state index is 0.0618. The summed E-state index contributed by atoms with van der Waals surface area (Å²) in [6, 6.07) is 9.73. The molecule has 1 aliphatic rings. The fraction of sp³-hybridized carbons (Fsp3) is 0.250. The standard InChI is InChI=1S/C24H20F3N3O2/c1-12-6-18(32-30-12)11-28-24(31)15-7-14(8-15)21-19-9-17(26)10-20(27)23(19)29-22(21)13-2-4-16(25)5-3-13/h2-6,9-10,14-15,29H,7-8,11H2,1H3,(H,28,31)/t14-,15-. The van der Waals surface area contributed by atoms with Crippen molar-refractivity contribution in [3.05, 3.63) is 76.9 Å².